The van der Waals surface area contributed by atoms with Crippen molar-refractivity contribution in [2.45, 2.75) is 45.4 Å². The Morgan fingerprint density at radius 3 is 2.67 bits per heavy atom. The van der Waals surface area contributed by atoms with Crippen LogP contribution in [-0.4, -0.2) is 22.9 Å². The van der Waals surface area contributed by atoms with Gasteiger partial charge in [0.1, 0.15) is 11.5 Å². The van der Waals surface area contributed by atoms with Gasteiger partial charge in [-0.25, -0.2) is 0 Å². The third-order valence-corrected chi connectivity index (χ3v) is 4.54. The van der Waals surface area contributed by atoms with E-state index in [4.69, 9.17) is 0 Å². The molecule has 3 rings (SSSR count). The molecule has 0 radical (unpaired) electrons. The predicted molar refractivity (Wildman–Crippen MR) is 75.1 cm³/mol. The summed E-state index contributed by atoms with van der Waals surface area (Å²) in [6.07, 6.45) is 7.70. The van der Waals surface area contributed by atoms with E-state index in [0.717, 1.165) is 25.9 Å². The maximum atomic E-state index is 4.63. The molecule has 1 aliphatic carbocycles. The lowest BCUT2D eigenvalue weighted by atomic mass is 9.86. The topological polar surface area (TPSA) is 41.9 Å². The fourth-order valence-corrected chi connectivity index (χ4v) is 3.47. The quantitative estimate of drug-likeness (QED) is 0.845. The van der Waals surface area contributed by atoms with E-state index in [2.05, 4.69) is 22.7 Å². The van der Waals surface area contributed by atoms with Gasteiger partial charge >= 0.3 is 0 Å². The Bertz CT molecular complexity index is 429. The Kier molecular flexibility index (Phi) is 2.96. The molecule has 1 fully saturated rings. The molecule has 0 saturated heterocycles. The highest BCUT2D eigenvalue weighted by Gasteiger charge is 2.36. The molecular weight excluding hydrogens is 224 g/mol. The maximum Gasteiger partial charge on any atom is 0.148 e. The molecule has 1 aliphatic heterocycles. The van der Waals surface area contributed by atoms with Crippen LogP contribution in [0.15, 0.2) is 0 Å². The van der Waals surface area contributed by atoms with Gasteiger partial charge in [-0.15, -0.1) is 0 Å². The normalized spacial score (nSPS) is 21.2. The van der Waals surface area contributed by atoms with E-state index in [1.165, 1.54) is 42.9 Å². The summed E-state index contributed by atoms with van der Waals surface area (Å²) in [5.74, 6) is 1.18. The average Bonchev–Trinajstić information content (AvgIpc) is 2.84. The molecular formula is C14H24N4. The lowest BCUT2D eigenvalue weighted by Crippen LogP contribution is -2.32. The van der Waals surface area contributed by atoms with Gasteiger partial charge in [0.25, 0.3) is 0 Å². The van der Waals surface area contributed by atoms with Crippen LogP contribution in [0.2, 0.25) is 0 Å². The van der Waals surface area contributed by atoms with E-state index in [0.29, 0.717) is 5.41 Å². The number of aryl methyl sites for hydroxylation is 2. The minimum atomic E-state index is 0.475. The Labute approximate surface area is 109 Å². The summed E-state index contributed by atoms with van der Waals surface area (Å²) in [7, 11) is 2.04. The Morgan fingerprint density at radius 2 is 1.94 bits per heavy atom. The van der Waals surface area contributed by atoms with Gasteiger partial charge in [0.2, 0.25) is 0 Å². The molecule has 2 N–H and O–H groups in total. The van der Waals surface area contributed by atoms with Crippen molar-refractivity contribution >= 4 is 11.5 Å². The molecule has 4 heteroatoms. The van der Waals surface area contributed by atoms with Crippen LogP contribution in [0, 0.1) is 5.41 Å². The van der Waals surface area contributed by atoms with Gasteiger partial charge in [-0.3, -0.25) is 4.68 Å². The zero-order chi connectivity index (χ0) is 12.6. The predicted octanol–water partition coefficient (Wildman–Crippen LogP) is 2.77. The highest BCUT2D eigenvalue weighted by Crippen LogP contribution is 2.41. The van der Waals surface area contributed by atoms with Crippen molar-refractivity contribution in [2.75, 3.05) is 23.7 Å². The highest BCUT2D eigenvalue weighted by molar-refractivity contribution is 5.69. The van der Waals surface area contributed by atoms with E-state index in [-0.39, 0.29) is 0 Å². The molecule has 2 aliphatic rings. The van der Waals surface area contributed by atoms with Crippen LogP contribution >= 0.6 is 0 Å². The SMILES string of the molecule is CCCc1nn(C)c2c1NCC1(CCCC1)CN2. The van der Waals surface area contributed by atoms with Crippen molar-refractivity contribution in [1.29, 1.82) is 0 Å². The minimum absolute atomic E-state index is 0.475. The third-order valence-electron chi connectivity index (χ3n) is 4.54. The second-order valence-electron chi connectivity index (χ2n) is 5.96. The number of aromatic nitrogens is 2. The Morgan fingerprint density at radius 1 is 1.22 bits per heavy atom. The van der Waals surface area contributed by atoms with Gasteiger partial charge in [0.05, 0.1) is 5.69 Å². The van der Waals surface area contributed by atoms with Crippen molar-refractivity contribution in [3.05, 3.63) is 5.69 Å². The molecule has 0 unspecified atom stereocenters. The Balaban J connectivity index is 1.86. The van der Waals surface area contributed by atoms with Gasteiger partial charge < -0.3 is 10.6 Å². The summed E-state index contributed by atoms with van der Waals surface area (Å²) < 4.78 is 2.00. The molecule has 0 bridgehead atoms. The minimum Gasteiger partial charge on any atom is -0.380 e. The second kappa shape index (κ2) is 4.48. The second-order valence-corrected chi connectivity index (χ2v) is 5.96. The van der Waals surface area contributed by atoms with Gasteiger partial charge in [-0.05, 0) is 19.3 Å². The van der Waals surface area contributed by atoms with Gasteiger partial charge in [0, 0.05) is 25.6 Å². The van der Waals surface area contributed by atoms with Crippen LogP contribution in [-0.2, 0) is 13.5 Å². The molecule has 1 aromatic rings. The number of nitrogens with one attached hydrogen (secondary N) is 2. The third kappa shape index (κ3) is 1.88. The van der Waals surface area contributed by atoms with Crippen LogP contribution < -0.4 is 10.6 Å². The molecule has 1 saturated carbocycles. The summed E-state index contributed by atoms with van der Waals surface area (Å²) in [6, 6.07) is 0. The van der Waals surface area contributed by atoms with E-state index in [9.17, 15) is 0 Å². The summed E-state index contributed by atoms with van der Waals surface area (Å²) in [5.41, 5.74) is 2.95. The molecule has 1 spiro atoms. The van der Waals surface area contributed by atoms with Gasteiger partial charge in [-0.1, -0.05) is 26.2 Å². The van der Waals surface area contributed by atoms with Crippen LogP contribution in [0.4, 0.5) is 11.5 Å². The Hall–Kier alpha value is -1.19. The lowest BCUT2D eigenvalue weighted by Gasteiger charge is -2.27. The molecule has 1 aromatic heterocycles. The standard InChI is InChI=1S/C14H24N4/c1-3-6-11-12-13(18(2)17-11)16-10-14(9-15-12)7-4-5-8-14/h15-16H,3-10H2,1-2H3. The van der Waals surface area contributed by atoms with Crippen LogP contribution in [0.3, 0.4) is 0 Å². The van der Waals surface area contributed by atoms with Gasteiger partial charge in [0.15, 0.2) is 0 Å². The molecule has 0 atom stereocenters. The maximum absolute atomic E-state index is 4.63. The van der Waals surface area contributed by atoms with Crippen LogP contribution in [0.5, 0.6) is 0 Å². The first-order valence-corrected chi connectivity index (χ1v) is 7.28. The van der Waals surface area contributed by atoms with E-state index >= 15 is 0 Å². The number of hydrogen-bond acceptors (Lipinski definition) is 3. The van der Waals surface area contributed by atoms with Crippen molar-refractivity contribution in [2.24, 2.45) is 12.5 Å². The number of anilines is 2. The molecule has 100 valence electrons. The fraction of sp³-hybridized carbons (Fsp3) is 0.786. The summed E-state index contributed by atoms with van der Waals surface area (Å²) in [4.78, 5) is 0. The van der Waals surface area contributed by atoms with E-state index in [1.54, 1.807) is 0 Å². The first-order valence-electron chi connectivity index (χ1n) is 7.28. The number of hydrogen-bond donors (Lipinski definition) is 2. The summed E-state index contributed by atoms with van der Waals surface area (Å²) >= 11 is 0. The van der Waals surface area contributed by atoms with E-state index in [1.807, 2.05) is 11.7 Å². The fourth-order valence-electron chi connectivity index (χ4n) is 3.47. The van der Waals surface area contributed by atoms with Gasteiger partial charge in [-0.2, -0.15) is 5.10 Å². The molecule has 2 heterocycles. The van der Waals surface area contributed by atoms with Crippen LogP contribution in [0.25, 0.3) is 0 Å². The van der Waals surface area contributed by atoms with Crippen molar-refractivity contribution in [3.63, 3.8) is 0 Å². The smallest absolute Gasteiger partial charge is 0.148 e. The lowest BCUT2D eigenvalue weighted by molar-refractivity contribution is 0.345. The number of nitrogens with zero attached hydrogens (tertiary/aromatic N) is 2. The average molecular weight is 248 g/mol. The first-order chi connectivity index (χ1) is 8.74. The van der Waals surface area contributed by atoms with Crippen molar-refractivity contribution in [3.8, 4) is 0 Å². The largest absolute Gasteiger partial charge is 0.380 e. The van der Waals surface area contributed by atoms with Crippen molar-refractivity contribution in [1.82, 2.24) is 9.78 Å². The highest BCUT2D eigenvalue weighted by atomic mass is 15.3. The van der Waals surface area contributed by atoms with Crippen molar-refractivity contribution < 1.29 is 0 Å². The number of fused-ring (bicyclic) bond motifs is 1. The molecule has 18 heavy (non-hydrogen) atoms. The summed E-state index contributed by atoms with van der Waals surface area (Å²) in [5, 5.41) is 12.0. The zero-order valence-electron chi connectivity index (χ0n) is 11.6. The zero-order valence-corrected chi connectivity index (χ0v) is 11.6. The monoisotopic (exact) mass is 248 g/mol. The molecule has 0 amide bonds. The number of rotatable bonds is 2. The van der Waals surface area contributed by atoms with E-state index < -0.39 is 0 Å². The molecule has 0 aromatic carbocycles. The van der Waals surface area contributed by atoms with Crippen LogP contribution in [0.1, 0.15) is 44.7 Å². The summed E-state index contributed by atoms with van der Waals surface area (Å²) in [6.45, 7) is 4.41. The first kappa shape index (κ1) is 11.9. The molecule has 4 nitrogen and oxygen atoms in total.